The smallest absolute Gasteiger partial charge is 0.0811 e. The first-order valence-electron chi connectivity index (χ1n) is 16.4. The van der Waals surface area contributed by atoms with Crippen molar-refractivity contribution in [3.63, 3.8) is 0 Å². The predicted molar refractivity (Wildman–Crippen MR) is 159 cm³/mol. The van der Waals surface area contributed by atoms with Gasteiger partial charge in [-0.15, -0.1) is 0 Å². The van der Waals surface area contributed by atoms with Gasteiger partial charge in [0.15, 0.2) is 0 Å². The molecule has 0 radical (unpaired) electrons. The van der Waals surface area contributed by atoms with Crippen LogP contribution in [0, 0.1) is 0 Å². The van der Waals surface area contributed by atoms with Crippen LogP contribution in [0.5, 0.6) is 0 Å². The second kappa shape index (κ2) is 24.8. The number of aliphatic hydroxyl groups is 4. The lowest BCUT2D eigenvalue weighted by atomic mass is 10.0. The maximum Gasteiger partial charge on any atom is 0.0811 e. The van der Waals surface area contributed by atoms with E-state index < -0.39 is 0 Å². The molecule has 4 unspecified atom stereocenters. The van der Waals surface area contributed by atoms with Crippen LogP contribution >= 0.6 is 0 Å². The molecule has 5 nitrogen and oxygen atoms in total. The molecule has 5 heteroatoms. The molecule has 0 aliphatic heterocycles. The zero-order valence-electron chi connectivity index (χ0n) is 25.5. The quantitative estimate of drug-likeness (QED) is 0.0641. The van der Waals surface area contributed by atoms with Crippen LogP contribution in [0.15, 0.2) is 0 Å². The fourth-order valence-corrected chi connectivity index (χ4v) is 5.46. The standard InChI is InChI=1S/C32H68NO4/c1-5-9-13-17-29(34)21-25-33(26-22-30(35)18-14-10-6-2,27-23-31(36)19-15-11-7-3)28-24-32(37)20-16-12-8-4/h29-32,34-37H,5-28H2,1-4H3/q+1. The van der Waals surface area contributed by atoms with E-state index >= 15 is 0 Å². The molecule has 0 bridgehead atoms. The highest BCUT2D eigenvalue weighted by molar-refractivity contribution is 4.65. The van der Waals surface area contributed by atoms with Crippen LogP contribution < -0.4 is 0 Å². The first-order valence-corrected chi connectivity index (χ1v) is 16.4. The van der Waals surface area contributed by atoms with Gasteiger partial charge in [-0.3, -0.25) is 0 Å². The highest BCUT2D eigenvalue weighted by Gasteiger charge is 2.30. The number of hydrogen-bond donors (Lipinski definition) is 4. The lowest BCUT2D eigenvalue weighted by Gasteiger charge is -2.41. The molecular formula is C32H68NO4+. The lowest BCUT2D eigenvalue weighted by Crippen LogP contribution is -2.53. The Bertz CT molecular complexity index is 390. The summed E-state index contributed by atoms with van der Waals surface area (Å²) < 4.78 is 0.797. The molecule has 0 heterocycles. The summed E-state index contributed by atoms with van der Waals surface area (Å²) in [6.45, 7) is 12.2. The van der Waals surface area contributed by atoms with Crippen molar-refractivity contribution in [2.45, 2.75) is 181 Å². The van der Waals surface area contributed by atoms with Crippen LogP contribution in [0.2, 0.25) is 0 Å². The summed E-state index contributed by atoms with van der Waals surface area (Å²) in [4.78, 5) is 0. The molecule has 0 rings (SSSR count). The summed E-state index contributed by atoms with van der Waals surface area (Å²) in [7, 11) is 0. The van der Waals surface area contributed by atoms with Crippen molar-refractivity contribution in [1.82, 2.24) is 0 Å². The average Bonchev–Trinajstić information content (AvgIpc) is 2.88. The van der Waals surface area contributed by atoms with Crippen molar-refractivity contribution in [3.05, 3.63) is 0 Å². The Balaban J connectivity index is 5.38. The van der Waals surface area contributed by atoms with Crippen LogP contribution in [0.25, 0.3) is 0 Å². The minimum absolute atomic E-state index is 0.289. The summed E-state index contributed by atoms with van der Waals surface area (Å²) in [5, 5.41) is 43.0. The molecule has 0 aromatic rings. The van der Waals surface area contributed by atoms with Crippen molar-refractivity contribution in [2.24, 2.45) is 0 Å². The zero-order valence-corrected chi connectivity index (χ0v) is 25.5. The van der Waals surface area contributed by atoms with Gasteiger partial charge in [0, 0.05) is 25.7 Å². The molecule has 0 amide bonds. The Morgan fingerprint density at radius 2 is 0.568 bits per heavy atom. The van der Waals surface area contributed by atoms with Gasteiger partial charge < -0.3 is 24.9 Å². The number of hydrogen-bond acceptors (Lipinski definition) is 4. The highest BCUT2D eigenvalue weighted by Crippen LogP contribution is 2.21. The fraction of sp³-hybridized carbons (Fsp3) is 1.00. The monoisotopic (exact) mass is 531 g/mol. The van der Waals surface area contributed by atoms with Gasteiger partial charge in [0.1, 0.15) is 0 Å². The van der Waals surface area contributed by atoms with Crippen molar-refractivity contribution in [3.8, 4) is 0 Å². The third kappa shape index (κ3) is 21.3. The van der Waals surface area contributed by atoms with E-state index in [0.717, 1.165) is 159 Å². The average molecular weight is 531 g/mol. The molecule has 0 aliphatic carbocycles. The molecule has 0 saturated carbocycles. The first kappa shape index (κ1) is 36.8. The van der Waals surface area contributed by atoms with Gasteiger partial charge >= 0.3 is 0 Å². The van der Waals surface area contributed by atoms with Crippen molar-refractivity contribution in [1.29, 1.82) is 0 Å². The molecule has 4 atom stereocenters. The molecule has 37 heavy (non-hydrogen) atoms. The van der Waals surface area contributed by atoms with Crippen LogP contribution in [-0.2, 0) is 0 Å². The highest BCUT2D eigenvalue weighted by atomic mass is 16.3. The molecular weight excluding hydrogens is 462 g/mol. The van der Waals surface area contributed by atoms with E-state index in [-0.39, 0.29) is 24.4 Å². The summed E-state index contributed by atoms with van der Waals surface area (Å²) >= 11 is 0. The van der Waals surface area contributed by atoms with Gasteiger partial charge in [-0.2, -0.15) is 0 Å². The number of aliphatic hydroxyl groups excluding tert-OH is 4. The van der Waals surface area contributed by atoms with Crippen molar-refractivity contribution >= 4 is 0 Å². The van der Waals surface area contributed by atoms with Crippen LogP contribution in [-0.4, -0.2) is 75.5 Å². The van der Waals surface area contributed by atoms with E-state index in [1.807, 2.05) is 0 Å². The van der Waals surface area contributed by atoms with Gasteiger partial charge in [0.2, 0.25) is 0 Å². The molecule has 4 N–H and O–H groups in total. The van der Waals surface area contributed by atoms with Gasteiger partial charge in [-0.1, -0.05) is 105 Å². The molecule has 224 valence electrons. The van der Waals surface area contributed by atoms with Crippen LogP contribution in [0.4, 0.5) is 0 Å². The maximum absolute atomic E-state index is 10.7. The number of quaternary nitrogens is 1. The fourth-order valence-electron chi connectivity index (χ4n) is 5.46. The minimum Gasteiger partial charge on any atom is -0.393 e. The number of rotatable bonds is 28. The van der Waals surface area contributed by atoms with Crippen molar-refractivity contribution < 1.29 is 24.9 Å². The van der Waals surface area contributed by atoms with E-state index in [2.05, 4.69) is 27.7 Å². The lowest BCUT2D eigenvalue weighted by molar-refractivity contribution is -0.930. The molecule has 0 aliphatic rings. The summed E-state index contributed by atoms with van der Waals surface area (Å²) in [6, 6.07) is 0. The molecule has 0 fully saturated rings. The first-order chi connectivity index (χ1) is 17.8. The van der Waals surface area contributed by atoms with E-state index in [1.54, 1.807) is 0 Å². The Kier molecular flexibility index (Phi) is 24.7. The van der Waals surface area contributed by atoms with Gasteiger partial charge in [-0.05, 0) is 25.7 Å². The zero-order chi connectivity index (χ0) is 27.8. The third-order valence-corrected chi connectivity index (χ3v) is 8.31. The number of nitrogens with zero attached hydrogens (tertiary/aromatic N) is 1. The summed E-state index contributed by atoms with van der Waals surface area (Å²) in [5.41, 5.74) is 0. The second-order valence-electron chi connectivity index (χ2n) is 12.0. The Morgan fingerprint density at radius 1 is 0.351 bits per heavy atom. The largest absolute Gasteiger partial charge is 0.393 e. The predicted octanol–water partition coefficient (Wildman–Crippen LogP) is 7.13. The third-order valence-electron chi connectivity index (χ3n) is 8.31. The van der Waals surface area contributed by atoms with Crippen LogP contribution in [0.3, 0.4) is 0 Å². The summed E-state index contributed by atoms with van der Waals surface area (Å²) in [5.74, 6) is 0. The van der Waals surface area contributed by atoms with Gasteiger partial charge in [0.25, 0.3) is 0 Å². The minimum atomic E-state index is -0.289. The molecule has 0 aromatic heterocycles. The van der Waals surface area contributed by atoms with E-state index in [9.17, 15) is 20.4 Å². The molecule has 0 aromatic carbocycles. The Morgan fingerprint density at radius 3 is 0.757 bits per heavy atom. The second-order valence-corrected chi connectivity index (χ2v) is 12.0. The SMILES string of the molecule is CCCCCC(O)CC[N+](CCC(O)CCCCC)(CCC(O)CCCCC)CCC(O)CCCCC. The normalized spacial score (nSPS) is 16.9. The van der Waals surface area contributed by atoms with Gasteiger partial charge in [0.05, 0.1) is 50.6 Å². The summed E-state index contributed by atoms with van der Waals surface area (Å²) in [6.07, 6.45) is 18.9. The van der Waals surface area contributed by atoms with E-state index in [1.165, 1.54) is 0 Å². The molecule has 0 saturated heterocycles. The van der Waals surface area contributed by atoms with E-state index in [4.69, 9.17) is 0 Å². The van der Waals surface area contributed by atoms with E-state index in [0.29, 0.717) is 0 Å². The maximum atomic E-state index is 10.7. The topological polar surface area (TPSA) is 80.9 Å². The van der Waals surface area contributed by atoms with Gasteiger partial charge in [-0.25, -0.2) is 0 Å². The Hall–Kier alpha value is -0.200. The number of unbranched alkanes of at least 4 members (excludes halogenated alkanes) is 8. The van der Waals surface area contributed by atoms with Crippen LogP contribution in [0.1, 0.15) is 156 Å². The molecule has 0 spiro atoms. The van der Waals surface area contributed by atoms with Crippen molar-refractivity contribution in [2.75, 3.05) is 26.2 Å². The Labute approximate surface area is 231 Å².